The van der Waals surface area contributed by atoms with Gasteiger partial charge in [0.15, 0.2) is 11.5 Å². The highest BCUT2D eigenvalue weighted by atomic mass is 35.5. The highest BCUT2D eigenvalue weighted by molar-refractivity contribution is 6.33. The predicted molar refractivity (Wildman–Crippen MR) is 117 cm³/mol. The Hall–Kier alpha value is -3.04. The molecular formula is C20H21Cl2N3O6. The van der Waals surface area contributed by atoms with Gasteiger partial charge in [-0.1, -0.05) is 23.2 Å². The number of benzene rings is 2. The number of hydrogen-bond donors (Lipinski definition) is 1. The van der Waals surface area contributed by atoms with Crippen LogP contribution in [0.4, 0.5) is 11.4 Å². The van der Waals surface area contributed by atoms with Crippen molar-refractivity contribution in [3.63, 3.8) is 0 Å². The van der Waals surface area contributed by atoms with Crippen LogP contribution in [-0.4, -0.2) is 46.2 Å². The number of ketones is 1. The minimum Gasteiger partial charge on any atom is -0.497 e. The summed E-state index contributed by atoms with van der Waals surface area (Å²) in [6.07, 6.45) is 0. The third-order valence-corrected chi connectivity index (χ3v) is 4.66. The van der Waals surface area contributed by atoms with Gasteiger partial charge in [-0.05, 0) is 13.0 Å². The zero-order valence-electron chi connectivity index (χ0n) is 17.5. The lowest BCUT2D eigenvalue weighted by molar-refractivity contribution is -0.126. The van der Waals surface area contributed by atoms with Crippen LogP contribution in [0.15, 0.2) is 34.5 Å². The fraction of sp³-hybridized carbons (Fsp3) is 0.300. The van der Waals surface area contributed by atoms with Crippen LogP contribution in [0.2, 0.25) is 10.0 Å². The first kappa shape index (κ1) is 24.2. The fourth-order valence-electron chi connectivity index (χ4n) is 2.55. The number of Topliss-reactive ketones (excluding diaryl/α,β-unsaturated/α-hetero) is 1. The van der Waals surface area contributed by atoms with Gasteiger partial charge in [-0.2, -0.15) is 10.2 Å². The maximum Gasteiger partial charge on any atom is 0.258 e. The molecule has 1 unspecified atom stereocenters. The number of nitrogens with one attached hydrogen (secondary N) is 1. The minimum atomic E-state index is -1.44. The van der Waals surface area contributed by atoms with Gasteiger partial charge in [-0.15, -0.1) is 0 Å². The number of ether oxygens (including phenoxy) is 4. The second-order valence-electron chi connectivity index (χ2n) is 6.07. The van der Waals surface area contributed by atoms with E-state index in [1.54, 1.807) is 0 Å². The largest absolute Gasteiger partial charge is 0.497 e. The molecule has 9 nitrogen and oxygen atoms in total. The van der Waals surface area contributed by atoms with E-state index in [1.807, 2.05) is 0 Å². The summed E-state index contributed by atoms with van der Waals surface area (Å²) in [5, 5.41) is 10.9. The second kappa shape index (κ2) is 10.8. The molecule has 0 aromatic heterocycles. The highest BCUT2D eigenvalue weighted by Gasteiger charge is 2.25. The van der Waals surface area contributed by atoms with E-state index in [4.69, 9.17) is 42.1 Å². The van der Waals surface area contributed by atoms with Crippen molar-refractivity contribution in [3.8, 4) is 23.0 Å². The number of azo groups is 1. The number of rotatable bonds is 9. The predicted octanol–water partition coefficient (Wildman–Crippen LogP) is 4.71. The smallest absolute Gasteiger partial charge is 0.258 e. The van der Waals surface area contributed by atoms with Gasteiger partial charge >= 0.3 is 0 Å². The molecule has 31 heavy (non-hydrogen) atoms. The van der Waals surface area contributed by atoms with E-state index in [-0.39, 0.29) is 32.9 Å². The Morgan fingerprint density at radius 3 is 2.13 bits per heavy atom. The summed E-state index contributed by atoms with van der Waals surface area (Å²) in [6.45, 7) is 1.22. The molecule has 1 amide bonds. The van der Waals surface area contributed by atoms with E-state index < -0.39 is 17.7 Å². The molecule has 166 valence electrons. The number of methoxy groups -OCH3 is 4. The number of carbonyl (C=O) groups is 2. The van der Waals surface area contributed by atoms with E-state index >= 15 is 0 Å². The van der Waals surface area contributed by atoms with Crippen molar-refractivity contribution in [2.24, 2.45) is 10.2 Å². The number of halogens is 2. The van der Waals surface area contributed by atoms with Gasteiger partial charge in [0.2, 0.25) is 6.04 Å². The first-order valence-corrected chi connectivity index (χ1v) is 9.56. The lowest BCUT2D eigenvalue weighted by Gasteiger charge is -2.15. The minimum absolute atomic E-state index is 0.191. The van der Waals surface area contributed by atoms with E-state index in [0.717, 1.165) is 0 Å². The lowest BCUT2D eigenvalue weighted by atomic mass is 10.2. The molecular weight excluding hydrogens is 449 g/mol. The zero-order valence-corrected chi connectivity index (χ0v) is 19.0. The van der Waals surface area contributed by atoms with Crippen molar-refractivity contribution < 1.29 is 28.5 Å². The Morgan fingerprint density at radius 2 is 1.58 bits per heavy atom. The van der Waals surface area contributed by atoms with Gasteiger partial charge in [0, 0.05) is 18.2 Å². The van der Waals surface area contributed by atoms with Crippen LogP contribution in [0.1, 0.15) is 6.92 Å². The van der Waals surface area contributed by atoms with Crippen LogP contribution in [0.25, 0.3) is 0 Å². The summed E-state index contributed by atoms with van der Waals surface area (Å²) < 4.78 is 20.7. The van der Waals surface area contributed by atoms with Crippen LogP contribution in [-0.2, 0) is 9.59 Å². The Labute approximate surface area is 189 Å². The van der Waals surface area contributed by atoms with Crippen LogP contribution in [0.5, 0.6) is 23.0 Å². The molecule has 11 heteroatoms. The van der Waals surface area contributed by atoms with Crippen molar-refractivity contribution >= 4 is 46.3 Å². The van der Waals surface area contributed by atoms with Crippen molar-refractivity contribution in [1.29, 1.82) is 0 Å². The number of amides is 1. The number of hydrogen-bond acceptors (Lipinski definition) is 8. The maximum atomic E-state index is 12.8. The Kier molecular flexibility index (Phi) is 8.47. The van der Waals surface area contributed by atoms with Crippen molar-refractivity contribution in [3.05, 3.63) is 34.3 Å². The molecule has 2 aromatic carbocycles. The van der Waals surface area contributed by atoms with Crippen LogP contribution in [0, 0.1) is 0 Å². The molecule has 0 heterocycles. The molecule has 0 spiro atoms. The van der Waals surface area contributed by atoms with Crippen LogP contribution in [0.3, 0.4) is 0 Å². The molecule has 0 radical (unpaired) electrons. The summed E-state index contributed by atoms with van der Waals surface area (Å²) in [4.78, 5) is 24.8. The number of nitrogens with zero attached hydrogens (tertiary/aromatic N) is 2. The monoisotopic (exact) mass is 469 g/mol. The van der Waals surface area contributed by atoms with Gasteiger partial charge in [0.05, 0.1) is 44.2 Å². The van der Waals surface area contributed by atoms with E-state index in [2.05, 4.69) is 15.5 Å². The maximum absolute atomic E-state index is 12.8. The molecule has 0 saturated heterocycles. The number of anilines is 1. The Bertz CT molecular complexity index is 1010. The second-order valence-corrected chi connectivity index (χ2v) is 6.88. The topological polar surface area (TPSA) is 108 Å². The van der Waals surface area contributed by atoms with Crippen LogP contribution >= 0.6 is 23.2 Å². The average Bonchev–Trinajstić information content (AvgIpc) is 2.73. The summed E-state index contributed by atoms with van der Waals surface area (Å²) in [5.74, 6) is 0.00616. The molecule has 0 aliphatic heterocycles. The zero-order chi connectivity index (χ0) is 23.1. The molecule has 0 fully saturated rings. The van der Waals surface area contributed by atoms with Crippen molar-refractivity contribution in [2.45, 2.75) is 13.0 Å². The fourth-order valence-corrected chi connectivity index (χ4v) is 3.07. The summed E-state index contributed by atoms with van der Waals surface area (Å²) in [7, 11) is 5.73. The lowest BCUT2D eigenvalue weighted by Crippen LogP contribution is -2.32. The van der Waals surface area contributed by atoms with Gasteiger partial charge < -0.3 is 24.3 Å². The molecule has 0 bridgehead atoms. The van der Waals surface area contributed by atoms with Crippen molar-refractivity contribution in [1.82, 2.24) is 0 Å². The first-order chi connectivity index (χ1) is 14.7. The quantitative estimate of drug-likeness (QED) is 0.420. The Balaban J connectivity index is 2.36. The summed E-state index contributed by atoms with van der Waals surface area (Å²) in [5.41, 5.74) is 0.428. The summed E-state index contributed by atoms with van der Waals surface area (Å²) in [6, 6.07) is 4.55. The number of carbonyl (C=O) groups excluding carboxylic acids is 2. The van der Waals surface area contributed by atoms with Gasteiger partial charge in [-0.25, -0.2) is 0 Å². The summed E-state index contributed by atoms with van der Waals surface area (Å²) >= 11 is 12.3. The van der Waals surface area contributed by atoms with Gasteiger partial charge in [0.1, 0.15) is 22.9 Å². The molecule has 2 rings (SSSR count). The molecule has 0 aliphatic carbocycles. The van der Waals surface area contributed by atoms with Crippen molar-refractivity contribution in [2.75, 3.05) is 33.8 Å². The Morgan fingerprint density at radius 1 is 0.903 bits per heavy atom. The molecule has 1 atom stereocenters. The standard InChI is InChI=1S/C20H21Cl2N3O6/c1-10(26)18(25-24-15-7-11(28-2)6-13(22)19(15)31-5)20(27)23-14-8-12(21)16(29-3)9-17(14)30-4/h6-9,18H,1-5H3,(H,23,27). The third-order valence-electron chi connectivity index (χ3n) is 4.08. The third kappa shape index (κ3) is 5.77. The normalized spacial score (nSPS) is 11.7. The highest BCUT2D eigenvalue weighted by Crippen LogP contribution is 2.39. The van der Waals surface area contributed by atoms with Crippen LogP contribution < -0.4 is 24.3 Å². The molecule has 2 aromatic rings. The molecule has 1 N–H and O–H groups in total. The molecule has 0 saturated carbocycles. The first-order valence-electron chi connectivity index (χ1n) is 8.80. The average molecular weight is 470 g/mol. The van der Waals surface area contributed by atoms with E-state index in [0.29, 0.717) is 11.5 Å². The van der Waals surface area contributed by atoms with E-state index in [1.165, 1.54) is 59.6 Å². The van der Waals surface area contributed by atoms with Gasteiger partial charge in [-0.3, -0.25) is 9.59 Å². The SMILES string of the molecule is COc1cc(Cl)c(OC)c(N=NC(C(C)=O)C(=O)Nc2cc(Cl)c(OC)cc2OC)c1. The molecule has 0 aliphatic rings. The van der Waals surface area contributed by atoms with Gasteiger partial charge in [0.25, 0.3) is 5.91 Å². The van der Waals surface area contributed by atoms with E-state index in [9.17, 15) is 9.59 Å².